The van der Waals surface area contributed by atoms with Crippen LogP contribution in [0.1, 0.15) is 48.6 Å². The van der Waals surface area contributed by atoms with Crippen molar-refractivity contribution in [3.8, 4) is 11.1 Å². The highest BCUT2D eigenvalue weighted by molar-refractivity contribution is 7.00. The fourth-order valence-electron chi connectivity index (χ4n) is 9.30. The SMILES string of the molecule is Cc1ccc(N(c2ccc(C)cc2)c2cc3c4c(c2)N(c2ccccc2-c2ccccc2)c2ccc(C(C)(C)C)cc2B4c2cc(C)ccc2N3c2ccc(C)cc2)cc1. The van der Waals surface area contributed by atoms with Gasteiger partial charge < -0.3 is 14.7 Å². The Balaban J connectivity index is 1.36. The third kappa shape index (κ3) is 6.39. The lowest BCUT2D eigenvalue weighted by Crippen LogP contribution is -2.61. The minimum atomic E-state index is -0.0324. The summed E-state index contributed by atoms with van der Waals surface area (Å²) in [6.45, 7) is 15.7. The Hall–Kier alpha value is -6.78. The maximum atomic E-state index is 2.57. The largest absolute Gasteiger partial charge is 0.311 e. The third-order valence-corrected chi connectivity index (χ3v) is 12.4. The Morgan fingerprint density at radius 2 is 0.933 bits per heavy atom. The van der Waals surface area contributed by atoms with Gasteiger partial charge in [0.05, 0.1) is 11.4 Å². The molecular formula is C56H50BN3. The number of hydrogen-bond donors (Lipinski definition) is 0. The molecule has 0 bridgehead atoms. The molecule has 0 amide bonds. The minimum absolute atomic E-state index is 0.00489. The van der Waals surface area contributed by atoms with Crippen molar-refractivity contribution in [1.82, 2.24) is 0 Å². The topological polar surface area (TPSA) is 9.72 Å². The summed E-state index contributed by atoms with van der Waals surface area (Å²) in [6, 6.07) is 66.0. The summed E-state index contributed by atoms with van der Waals surface area (Å²) in [4.78, 5) is 7.52. The van der Waals surface area contributed by atoms with Gasteiger partial charge in [-0.15, -0.1) is 0 Å². The van der Waals surface area contributed by atoms with E-state index in [4.69, 9.17) is 0 Å². The number of benzene rings is 8. The van der Waals surface area contributed by atoms with Gasteiger partial charge in [-0.25, -0.2) is 0 Å². The Morgan fingerprint density at radius 1 is 0.417 bits per heavy atom. The van der Waals surface area contributed by atoms with Gasteiger partial charge in [-0.3, -0.25) is 0 Å². The first-order chi connectivity index (χ1) is 29.0. The molecule has 10 rings (SSSR count). The van der Waals surface area contributed by atoms with Gasteiger partial charge >= 0.3 is 0 Å². The zero-order valence-corrected chi connectivity index (χ0v) is 35.7. The van der Waals surface area contributed by atoms with Crippen LogP contribution >= 0.6 is 0 Å². The first-order valence-corrected chi connectivity index (χ1v) is 21.2. The summed E-state index contributed by atoms with van der Waals surface area (Å²) in [7, 11) is 0. The summed E-state index contributed by atoms with van der Waals surface area (Å²) in [5.74, 6) is 0. The van der Waals surface area contributed by atoms with Crippen molar-refractivity contribution < 1.29 is 0 Å². The Morgan fingerprint density at radius 3 is 1.57 bits per heavy atom. The molecule has 2 aliphatic heterocycles. The van der Waals surface area contributed by atoms with Gasteiger partial charge in [-0.2, -0.15) is 0 Å². The highest BCUT2D eigenvalue weighted by atomic mass is 15.2. The first-order valence-electron chi connectivity index (χ1n) is 21.2. The minimum Gasteiger partial charge on any atom is -0.311 e. The van der Waals surface area contributed by atoms with Crippen molar-refractivity contribution in [2.75, 3.05) is 14.7 Å². The molecule has 0 aliphatic carbocycles. The van der Waals surface area contributed by atoms with Crippen LogP contribution in [0.25, 0.3) is 11.1 Å². The van der Waals surface area contributed by atoms with Crippen LogP contribution in [0.4, 0.5) is 51.2 Å². The van der Waals surface area contributed by atoms with Crippen LogP contribution in [0.15, 0.2) is 176 Å². The number of para-hydroxylation sites is 1. The van der Waals surface area contributed by atoms with Crippen LogP contribution in [0.3, 0.4) is 0 Å². The molecule has 0 aromatic heterocycles. The molecule has 0 spiro atoms. The Kier molecular flexibility index (Phi) is 9.06. The lowest BCUT2D eigenvalue weighted by atomic mass is 9.33. The molecule has 0 unspecified atom stereocenters. The zero-order valence-electron chi connectivity index (χ0n) is 35.7. The van der Waals surface area contributed by atoms with Gasteiger partial charge in [0.1, 0.15) is 0 Å². The Bertz CT molecular complexity index is 2840. The molecule has 0 N–H and O–H groups in total. The highest BCUT2D eigenvalue weighted by Crippen LogP contribution is 2.50. The third-order valence-electron chi connectivity index (χ3n) is 12.4. The second-order valence-corrected chi connectivity index (χ2v) is 17.8. The van der Waals surface area contributed by atoms with Crippen LogP contribution in [0, 0.1) is 27.7 Å². The molecule has 4 heteroatoms. The van der Waals surface area contributed by atoms with Gasteiger partial charge in [-0.05, 0) is 127 Å². The normalized spacial score (nSPS) is 12.8. The smallest absolute Gasteiger partial charge is 0.252 e. The van der Waals surface area contributed by atoms with Crippen LogP contribution in [0.2, 0.25) is 0 Å². The van der Waals surface area contributed by atoms with E-state index in [-0.39, 0.29) is 12.1 Å². The van der Waals surface area contributed by atoms with E-state index in [0.29, 0.717) is 0 Å². The molecule has 8 aromatic carbocycles. The lowest BCUT2D eigenvalue weighted by Gasteiger charge is -2.45. The summed E-state index contributed by atoms with van der Waals surface area (Å²) < 4.78 is 0. The van der Waals surface area contributed by atoms with Crippen LogP contribution in [0.5, 0.6) is 0 Å². The molecule has 2 aliphatic rings. The fraction of sp³-hybridized carbons (Fsp3) is 0.143. The first kappa shape index (κ1) is 37.5. The van der Waals surface area contributed by atoms with Crippen LogP contribution < -0.4 is 31.1 Å². The lowest BCUT2D eigenvalue weighted by molar-refractivity contribution is 0.591. The number of anilines is 9. The average Bonchev–Trinajstić information content (AvgIpc) is 3.25. The predicted octanol–water partition coefficient (Wildman–Crippen LogP) is 13.4. The summed E-state index contributed by atoms with van der Waals surface area (Å²) in [5.41, 5.74) is 23.0. The van der Waals surface area contributed by atoms with E-state index in [2.05, 4.69) is 239 Å². The average molecular weight is 776 g/mol. The second kappa shape index (κ2) is 14.5. The van der Waals surface area contributed by atoms with Gasteiger partial charge in [0.2, 0.25) is 0 Å². The summed E-state index contributed by atoms with van der Waals surface area (Å²) >= 11 is 0. The molecular weight excluding hydrogens is 725 g/mol. The molecule has 0 atom stereocenters. The fourth-order valence-corrected chi connectivity index (χ4v) is 9.30. The van der Waals surface area contributed by atoms with E-state index in [1.807, 2.05) is 0 Å². The van der Waals surface area contributed by atoms with Gasteiger partial charge in [0.25, 0.3) is 6.71 Å². The maximum Gasteiger partial charge on any atom is 0.252 e. The molecule has 8 aromatic rings. The summed E-state index contributed by atoms with van der Waals surface area (Å²) in [6.07, 6.45) is 0. The van der Waals surface area contributed by atoms with Crippen molar-refractivity contribution in [2.24, 2.45) is 0 Å². The molecule has 0 radical (unpaired) electrons. The molecule has 292 valence electrons. The van der Waals surface area contributed by atoms with Crippen molar-refractivity contribution in [2.45, 2.75) is 53.9 Å². The molecule has 3 nitrogen and oxygen atoms in total. The molecule has 0 saturated heterocycles. The van der Waals surface area contributed by atoms with Gasteiger partial charge in [-0.1, -0.05) is 152 Å². The Labute approximate surface area is 356 Å². The monoisotopic (exact) mass is 775 g/mol. The maximum absolute atomic E-state index is 2.57. The van der Waals surface area contributed by atoms with Crippen molar-refractivity contribution in [1.29, 1.82) is 0 Å². The molecule has 60 heavy (non-hydrogen) atoms. The van der Waals surface area contributed by atoms with E-state index in [0.717, 1.165) is 28.4 Å². The zero-order chi connectivity index (χ0) is 41.3. The summed E-state index contributed by atoms with van der Waals surface area (Å²) in [5, 5.41) is 0. The van der Waals surface area contributed by atoms with Crippen LogP contribution in [-0.4, -0.2) is 6.71 Å². The van der Waals surface area contributed by atoms with E-state index in [1.165, 1.54) is 78.1 Å². The van der Waals surface area contributed by atoms with E-state index in [9.17, 15) is 0 Å². The van der Waals surface area contributed by atoms with Gasteiger partial charge in [0, 0.05) is 45.4 Å². The quantitative estimate of drug-likeness (QED) is 0.156. The van der Waals surface area contributed by atoms with Crippen LogP contribution in [-0.2, 0) is 5.41 Å². The molecule has 2 heterocycles. The van der Waals surface area contributed by atoms with Crippen molar-refractivity contribution in [3.05, 3.63) is 204 Å². The van der Waals surface area contributed by atoms with Crippen molar-refractivity contribution in [3.63, 3.8) is 0 Å². The van der Waals surface area contributed by atoms with Gasteiger partial charge in [0.15, 0.2) is 0 Å². The highest BCUT2D eigenvalue weighted by Gasteiger charge is 2.44. The number of aryl methyl sites for hydroxylation is 4. The molecule has 0 saturated carbocycles. The van der Waals surface area contributed by atoms with E-state index >= 15 is 0 Å². The predicted molar refractivity (Wildman–Crippen MR) is 258 cm³/mol. The number of hydrogen-bond acceptors (Lipinski definition) is 3. The number of rotatable bonds is 6. The number of fused-ring (bicyclic) bond motifs is 4. The second-order valence-electron chi connectivity index (χ2n) is 17.8. The standard InChI is InChI=1S/C56H50BN3/c1-37-17-25-43(26-18-37)58(44-27-19-38(2)20-28-44)46-35-53-55-54(36-46)60(50-16-12-11-15-47(50)41-13-9-8-10-14-41)52-32-24-42(56(5,6)7)34-49(52)57(55)48-33-40(4)23-31-51(48)59(53)45-29-21-39(3)22-30-45/h8-36H,1-7H3. The van der Waals surface area contributed by atoms with E-state index in [1.54, 1.807) is 0 Å². The number of nitrogens with zero attached hydrogens (tertiary/aromatic N) is 3. The molecule has 0 fully saturated rings. The van der Waals surface area contributed by atoms with E-state index < -0.39 is 0 Å². The van der Waals surface area contributed by atoms with Crippen molar-refractivity contribution >= 4 is 74.3 Å².